The molecular formula is C20H16O6. The fourth-order valence-electron chi connectivity index (χ4n) is 3.93. The number of aromatic hydroxyl groups is 1. The number of ether oxygens (including phenoxy) is 1. The maximum atomic E-state index is 13.1. The highest BCUT2D eigenvalue weighted by Gasteiger charge is 2.42. The molecule has 1 atom stereocenters. The molecule has 2 N–H and O–H groups in total. The van der Waals surface area contributed by atoms with Crippen molar-refractivity contribution in [3.8, 4) is 11.5 Å². The molecule has 132 valence electrons. The van der Waals surface area contributed by atoms with Gasteiger partial charge in [0, 0.05) is 29.5 Å². The van der Waals surface area contributed by atoms with E-state index in [1.54, 1.807) is 12.1 Å². The van der Waals surface area contributed by atoms with Crippen molar-refractivity contribution in [2.75, 3.05) is 7.11 Å². The lowest BCUT2D eigenvalue weighted by atomic mass is 9.73. The van der Waals surface area contributed by atoms with E-state index in [-0.39, 0.29) is 52.2 Å². The summed E-state index contributed by atoms with van der Waals surface area (Å²) in [7, 11) is 1.39. The van der Waals surface area contributed by atoms with Crippen molar-refractivity contribution in [1.29, 1.82) is 0 Å². The molecule has 2 aliphatic carbocycles. The first-order valence-electron chi connectivity index (χ1n) is 8.16. The molecule has 0 spiro atoms. The van der Waals surface area contributed by atoms with Crippen LogP contribution in [0.15, 0.2) is 24.3 Å². The van der Waals surface area contributed by atoms with Crippen LogP contribution >= 0.6 is 0 Å². The van der Waals surface area contributed by atoms with Crippen molar-refractivity contribution in [2.45, 2.75) is 25.4 Å². The molecule has 0 aliphatic heterocycles. The first-order valence-corrected chi connectivity index (χ1v) is 8.16. The van der Waals surface area contributed by atoms with Crippen LogP contribution in [0.3, 0.4) is 0 Å². The number of carbonyl (C=O) groups excluding carboxylic acids is 3. The minimum Gasteiger partial charge on any atom is -0.507 e. The van der Waals surface area contributed by atoms with Gasteiger partial charge in [-0.25, -0.2) is 0 Å². The van der Waals surface area contributed by atoms with Gasteiger partial charge in [-0.05, 0) is 24.6 Å². The number of carbonyl (C=O) groups is 3. The van der Waals surface area contributed by atoms with Crippen molar-refractivity contribution in [3.63, 3.8) is 0 Å². The molecule has 0 fully saturated rings. The summed E-state index contributed by atoms with van der Waals surface area (Å²) in [6.07, 6.45) is -0.0367. The number of fused-ring (bicyclic) bond motifs is 4. The van der Waals surface area contributed by atoms with Crippen LogP contribution in [0.25, 0.3) is 0 Å². The molecule has 0 bridgehead atoms. The highest BCUT2D eigenvalue weighted by atomic mass is 16.5. The lowest BCUT2D eigenvalue weighted by molar-refractivity contribution is 0.0409. The Kier molecular flexibility index (Phi) is 3.33. The van der Waals surface area contributed by atoms with E-state index < -0.39 is 23.0 Å². The summed E-state index contributed by atoms with van der Waals surface area (Å²) in [5, 5.41) is 20.7. The lowest BCUT2D eigenvalue weighted by Crippen LogP contribution is -2.37. The largest absolute Gasteiger partial charge is 0.507 e. The Morgan fingerprint density at radius 3 is 2.42 bits per heavy atom. The van der Waals surface area contributed by atoms with Crippen LogP contribution in [0.5, 0.6) is 11.5 Å². The zero-order valence-corrected chi connectivity index (χ0v) is 14.3. The second kappa shape index (κ2) is 5.25. The van der Waals surface area contributed by atoms with E-state index >= 15 is 0 Å². The second-order valence-electron chi connectivity index (χ2n) is 6.99. The number of aliphatic hydroxyl groups is 1. The Hall–Kier alpha value is -2.99. The highest BCUT2D eigenvalue weighted by Crippen LogP contribution is 2.42. The van der Waals surface area contributed by atoms with E-state index in [1.165, 1.54) is 26.2 Å². The third-order valence-corrected chi connectivity index (χ3v) is 4.95. The maximum absolute atomic E-state index is 13.1. The van der Waals surface area contributed by atoms with Crippen LogP contribution in [-0.2, 0) is 6.42 Å². The number of Topliss-reactive ketones (excluding diaryl/α,β-unsaturated/α-hetero) is 1. The maximum Gasteiger partial charge on any atom is 0.202 e. The van der Waals surface area contributed by atoms with E-state index in [9.17, 15) is 24.6 Å². The monoisotopic (exact) mass is 352 g/mol. The zero-order chi connectivity index (χ0) is 18.8. The van der Waals surface area contributed by atoms with E-state index in [0.717, 1.165) is 0 Å². The number of ketones is 3. The van der Waals surface area contributed by atoms with Gasteiger partial charge in [0.2, 0.25) is 5.78 Å². The molecule has 1 unspecified atom stereocenters. The Bertz CT molecular complexity index is 1020. The predicted molar refractivity (Wildman–Crippen MR) is 91.2 cm³/mol. The third kappa shape index (κ3) is 2.12. The molecule has 0 saturated heterocycles. The topological polar surface area (TPSA) is 101 Å². The summed E-state index contributed by atoms with van der Waals surface area (Å²) >= 11 is 0. The Balaban J connectivity index is 2.05. The van der Waals surface area contributed by atoms with Gasteiger partial charge in [0.05, 0.1) is 23.8 Å². The van der Waals surface area contributed by atoms with E-state index in [0.29, 0.717) is 5.56 Å². The summed E-state index contributed by atoms with van der Waals surface area (Å²) in [5.41, 5.74) is -0.802. The molecule has 2 aliphatic rings. The lowest BCUT2D eigenvalue weighted by Gasteiger charge is -2.32. The van der Waals surface area contributed by atoms with Crippen molar-refractivity contribution < 1.29 is 29.3 Å². The number of hydrogen-bond donors (Lipinski definition) is 2. The summed E-state index contributed by atoms with van der Waals surface area (Å²) < 4.78 is 5.19. The van der Waals surface area contributed by atoms with Crippen molar-refractivity contribution in [2.24, 2.45) is 0 Å². The fourth-order valence-corrected chi connectivity index (χ4v) is 3.93. The molecule has 4 rings (SSSR count). The van der Waals surface area contributed by atoms with Crippen LogP contribution in [0.2, 0.25) is 0 Å². The summed E-state index contributed by atoms with van der Waals surface area (Å²) in [6.45, 7) is 1.53. The summed E-state index contributed by atoms with van der Waals surface area (Å²) in [4.78, 5) is 38.8. The minimum atomic E-state index is -1.26. The van der Waals surface area contributed by atoms with Crippen LogP contribution < -0.4 is 4.74 Å². The Labute approximate surface area is 149 Å². The predicted octanol–water partition coefficient (Wildman–Crippen LogP) is 2.06. The second-order valence-corrected chi connectivity index (χ2v) is 6.99. The number of rotatable bonds is 1. The van der Waals surface area contributed by atoms with Gasteiger partial charge in [0.1, 0.15) is 11.5 Å². The van der Waals surface area contributed by atoms with Crippen LogP contribution in [0, 0.1) is 0 Å². The number of benzene rings is 2. The molecule has 26 heavy (non-hydrogen) atoms. The normalized spacial score (nSPS) is 21.1. The van der Waals surface area contributed by atoms with Crippen LogP contribution in [-0.4, -0.2) is 40.3 Å². The summed E-state index contributed by atoms with van der Waals surface area (Å²) in [6, 6.07) is 5.95. The number of phenolic OH excluding ortho intramolecular Hbond substituents is 1. The van der Waals surface area contributed by atoms with Gasteiger partial charge in [0.25, 0.3) is 0 Å². The van der Waals surface area contributed by atoms with Gasteiger partial charge < -0.3 is 14.9 Å². The first-order chi connectivity index (χ1) is 12.2. The molecule has 6 heteroatoms. The quantitative estimate of drug-likeness (QED) is 0.695. The van der Waals surface area contributed by atoms with Gasteiger partial charge in [-0.3, -0.25) is 14.4 Å². The standard InChI is InChI=1S/C20H16O6/c1-20(25)7-9-6-11(21)16-17(14(9)12(22)8-20)18(23)10-4-3-5-13(26-2)15(10)19(16)24/h3-6,21,25H,7-8H2,1-2H3. The van der Waals surface area contributed by atoms with E-state index in [1.807, 2.05) is 0 Å². The third-order valence-electron chi connectivity index (χ3n) is 4.95. The Morgan fingerprint density at radius 1 is 1.00 bits per heavy atom. The van der Waals surface area contributed by atoms with E-state index in [2.05, 4.69) is 0 Å². The average molecular weight is 352 g/mol. The highest BCUT2D eigenvalue weighted by molar-refractivity contribution is 6.32. The average Bonchev–Trinajstić information content (AvgIpc) is 2.56. The van der Waals surface area contributed by atoms with Crippen LogP contribution in [0.1, 0.15) is 61.1 Å². The van der Waals surface area contributed by atoms with E-state index in [4.69, 9.17) is 4.74 Å². The van der Waals surface area contributed by atoms with Gasteiger partial charge in [0.15, 0.2) is 11.6 Å². The Morgan fingerprint density at radius 2 is 1.73 bits per heavy atom. The SMILES string of the molecule is COc1cccc2c1C(=O)c1c(O)cc3c(c1C2=O)C(=O)CC(C)(O)C3. The molecule has 0 radical (unpaired) electrons. The zero-order valence-electron chi connectivity index (χ0n) is 14.3. The molecule has 2 aromatic rings. The van der Waals surface area contributed by atoms with Gasteiger partial charge in [-0.2, -0.15) is 0 Å². The van der Waals surface area contributed by atoms with Crippen LogP contribution in [0.4, 0.5) is 0 Å². The number of hydrogen-bond acceptors (Lipinski definition) is 6. The van der Waals surface area contributed by atoms with Gasteiger partial charge in [-0.15, -0.1) is 0 Å². The fraction of sp³-hybridized carbons (Fsp3) is 0.250. The minimum absolute atomic E-state index is 0.0775. The summed E-state index contributed by atoms with van der Waals surface area (Å²) in [5.74, 6) is -1.62. The molecular weight excluding hydrogens is 336 g/mol. The molecule has 0 saturated carbocycles. The molecule has 6 nitrogen and oxygen atoms in total. The number of phenols is 1. The molecule has 2 aromatic carbocycles. The molecule has 0 amide bonds. The number of methoxy groups -OCH3 is 1. The first kappa shape index (κ1) is 16.5. The molecule has 0 aromatic heterocycles. The smallest absolute Gasteiger partial charge is 0.202 e. The van der Waals surface area contributed by atoms with Gasteiger partial charge in [-0.1, -0.05) is 12.1 Å². The van der Waals surface area contributed by atoms with Crippen molar-refractivity contribution in [3.05, 3.63) is 57.6 Å². The van der Waals surface area contributed by atoms with Crippen molar-refractivity contribution in [1.82, 2.24) is 0 Å². The molecule has 0 heterocycles. The van der Waals surface area contributed by atoms with Crippen molar-refractivity contribution >= 4 is 17.3 Å². The van der Waals surface area contributed by atoms with Gasteiger partial charge >= 0.3 is 0 Å².